The molecule has 0 amide bonds. The average Bonchev–Trinajstić information content (AvgIpc) is 3.05. The summed E-state index contributed by atoms with van der Waals surface area (Å²) in [5, 5.41) is 1.18. The van der Waals surface area contributed by atoms with E-state index in [1.54, 1.807) is 6.33 Å². The number of nitrogens with two attached hydrogens (primary N) is 1. The molecule has 3 aliphatic rings. The largest absolute Gasteiger partial charge is 0.344 e. The second-order valence-electron chi connectivity index (χ2n) is 8.29. The molecule has 0 aromatic carbocycles. The van der Waals surface area contributed by atoms with Crippen molar-refractivity contribution in [3.63, 3.8) is 0 Å². The molecular formula is C19H26N4O2. The lowest BCUT2D eigenvalue weighted by Gasteiger charge is -2.24. The fourth-order valence-electron chi connectivity index (χ4n) is 4.61. The molecule has 0 bridgehead atoms. The Labute approximate surface area is 147 Å². The van der Waals surface area contributed by atoms with Crippen molar-refractivity contribution in [1.29, 1.82) is 0 Å². The van der Waals surface area contributed by atoms with Gasteiger partial charge in [0.15, 0.2) is 5.79 Å². The standard InChI is InChI=1S/C19H26N4O2/c1-19(2)24-16-12(9-20)8-15(17(16)25-19)23-6-5-13-14(7-11-3-4-11)21-10-22-18(13)23/h5-6,10-12,15-17H,3-4,7-9,20H2,1-2H3/t12-,15-,16-,17+/m1/s1. The summed E-state index contributed by atoms with van der Waals surface area (Å²) < 4.78 is 14.7. The van der Waals surface area contributed by atoms with Crippen LogP contribution in [-0.4, -0.2) is 39.1 Å². The minimum Gasteiger partial charge on any atom is -0.344 e. The molecule has 2 aromatic rings. The van der Waals surface area contributed by atoms with Crippen molar-refractivity contribution in [3.8, 4) is 0 Å². The number of hydrogen-bond acceptors (Lipinski definition) is 5. The third-order valence-corrected chi connectivity index (χ3v) is 5.98. The zero-order chi connectivity index (χ0) is 17.2. The molecule has 3 fully saturated rings. The van der Waals surface area contributed by atoms with Crippen molar-refractivity contribution in [1.82, 2.24) is 14.5 Å². The highest BCUT2D eigenvalue weighted by Gasteiger charge is 2.54. The molecule has 4 atom stereocenters. The first kappa shape index (κ1) is 15.7. The number of nitrogens with zero attached hydrogens (tertiary/aromatic N) is 3. The molecule has 0 radical (unpaired) electrons. The predicted molar refractivity (Wildman–Crippen MR) is 94.0 cm³/mol. The van der Waals surface area contributed by atoms with Gasteiger partial charge in [-0.05, 0) is 58.1 Å². The average molecular weight is 342 g/mol. The summed E-state index contributed by atoms with van der Waals surface area (Å²) >= 11 is 0. The molecule has 5 rings (SSSR count). The van der Waals surface area contributed by atoms with Gasteiger partial charge in [-0.15, -0.1) is 0 Å². The Bertz CT molecular complexity index is 798. The molecule has 3 heterocycles. The van der Waals surface area contributed by atoms with Crippen LogP contribution >= 0.6 is 0 Å². The van der Waals surface area contributed by atoms with Gasteiger partial charge in [0.25, 0.3) is 0 Å². The van der Waals surface area contributed by atoms with Gasteiger partial charge in [0.2, 0.25) is 0 Å². The maximum atomic E-state index is 6.25. The van der Waals surface area contributed by atoms with Gasteiger partial charge in [0, 0.05) is 17.5 Å². The molecule has 1 saturated heterocycles. The van der Waals surface area contributed by atoms with Crippen molar-refractivity contribution in [2.45, 2.75) is 63.6 Å². The highest BCUT2D eigenvalue weighted by Crippen LogP contribution is 2.47. The molecule has 2 N–H and O–H groups in total. The molecule has 6 nitrogen and oxygen atoms in total. The summed E-state index contributed by atoms with van der Waals surface area (Å²) in [5.74, 6) is 0.588. The van der Waals surface area contributed by atoms with Gasteiger partial charge < -0.3 is 19.8 Å². The lowest BCUT2D eigenvalue weighted by molar-refractivity contribution is -0.159. The van der Waals surface area contributed by atoms with Gasteiger partial charge in [0.1, 0.15) is 18.1 Å². The van der Waals surface area contributed by atoms with Gasteiger partial charge in [-0.2, -0.15) is 0 Å². The van der Waals surface area contributed by atoms with Crippen LogP contribution in [0.25, 0.3) is 11.0 Å². The first-order chi connectivity index (χ1) is 12.1. The van der Waals surface area contributed by atoms with E-state index in [0.29, 0.717) is 12.5 Å². The molecular weight excluding hydrogens is 316 g/mol. The Morgan fingerprint density at radius 1 is 1.24 bits per heavy atom. The van der Waals surface area contributed by atoms with E-state index in [1.807, 2.05) is 13.8 Å². The second-order valence-corrected chi connectivity index (χ2v) is 8.29. The third kappa shape index (κ3) is 2.58. The molecule has 25 heavy (non-hydrogen) atoms. The normalized spacial score (nSPS) is 33.9. The summed E-state index contributed by atoms with van der Waals surface area (Å²) in [4.78, 5) is 9.15. The van der Waals surface area contributed by atoms with Crippen LogP contribution in [0.15, 0.2) is 18.6 Å². The molecule has 6 heteroatoms. The SMILES string of the molecule is CC1(C)O[C@@H]2[C@@H](CN)C[C@@H](n3ccc4c(CC5CC5)ncnc43)[C@@H]2O1. The fourth-order valence-corrected chi connectivity index (χ4v) is 4.61. The first-order valence-corrected chi connectivity index (χ1v) is 9.42. The Hall–Kier alpha value is -1.50. The lowest BCUT2D eigenvalue weighted by atomic mass is 10.1. The minimum atomic E-state index is -0.545. The summed E-state index contributed by atoms with van der Waals surface area (Å²) in [6.45, 7) is 4.59. The second kappa shape index (κ2) is 5.50. The van der Waals surface area contributed by atoms with Crippen LogP contribution in [0.3, 0.4) is 0 Å². The maximum absolute atomic E-state index is 6.25. The van der Waals surface area contributed by atoms with Crippen molar-refractivity contribution in [3.05, 3.63) is 24.3 Å². The Balaban J connectivity index is 1.52. The number of hydrogen-bond donors (Lipinski definition) is 1. The highest BCUT2D eigenvalue weighted by atomic mass is 16.8. The van der Waals surface area contributed by atoms with E-state index < -0.39 is 5.79 Å². The minimum absolute atomic E-state index is 0.0287. The third-order valence-electron chi connectivity index (χ3n) is 5.98. The predicted octanol–water partition coefficient (Wildman–Crippen LogP) is 2.42. The number of rotatable bonds is 4. The number of fused-ring (bicyclic) bond motifs is 2. The van der Waals surface area contributed by atoms with Crippen LogP contribution in [0.5, 0.6) is 0 Å². The first-order valence-electron chi connectivity index (χ1n) is 9.42. The zero-order valence-electron chi connectivity index (χ0n) is 14.9. The molecule has 2 saturated carbocycles. The van der Waals surface area contributed by atoms with Crippen molar-refractivity contribution < 1.29 is 9.47 Å². The van der Waals surface area contributed by atoms with Gasteiger partial charge in [-0.25, -0.2) is 9.97 Å². The summed E-state index contributed by atoms with van der Waals surface area (Å²) in [6.07, 6.45) is 8.64. The lowest BCUT2D eigenvalue weighted by Crippen LogP contribution is -2.29. The Morgan fingerprint density at radius 2 is 2.04 bits per heavy atom. The van der Waals surface area contributed by atoms with E-state index in [0.717, 1.165) is 24.4 Å². The summed E-state index contributed by atoms with van der Waals surface area (Å²) in [5.41, 5.74) is 8.22. The van der Waals surface area contributed by atoms with Crippen LogP contribution in [0.1, 0.15) is 44.8 Å². The summed E-state index contributed by atoms with van der Waals surface area (Å²) in [7, 11) is 0. The monoisotopic (exact) mass is 342 g/mol. The quantitative estimate of drug-likeness (QED) is 0.923. The van der Waals surface area contributed by atoms with E-state index in [2.05, 4.69) is 26.8 Å². The van der Waals surface area contributed by atoms with Crippen LogP contribution in [0.4, 0.5) is 0 Å². The molecule has 0 unspecified atom stereocenters. The highest BCUT2D eigenvalue weighted by molar-refractivity contribution is 5.78. The number of ether oxygens (including phenoxy) is 2. The van der Waals surface area contributed by atoms with Gasteiger partial charge in [0.05, 0.1) is 17.8 Å². The van der Waals surface area contributed by atoms with Crippen molar-refractivity contribution in [2.24, 2.45) is 17.6 Å². The van der Waals surface area contributed by atoms with Crippen molar-refractivity contribution >= 4 is 11.0 Å². The van der Waals surface area contributed by atoms with Crippen molar-refractivity contribution in [2.75, 3.05) is 6.54 Å². The fraction of sp³-hybridized carbons (Fsp3) is 0.684. The number of aromatic nitrogens is 3. The van der Waals surface area contributed by atoms with E-state index in [4.69, 9.17) is 15.2 Å². The Morgan fingerprint density at radius 3 is 2.80 bits per heavy atom. The van der Waals surface area contributed by atoms with Crippen LogP contribution in [-0.2, 0) is 15.9 Å². The van der Waals surface area contributed by atoms with Crippen LogP contribution < -0.4 is 5.73 Å². The molecule has 1 aliphatic heterocycles. The van der Waals surface area contributed by atoms with Gasteiger partial charge >= 0.3 is 0 Å². The van der Waals surface area contributed by atoms with Crippen LogP contribution in [0.2, 0.25) is 0 Å². The molecule has 2 aliphatic carbocycles. The molecule has 2 aromatic heterocycles. The maximum Gasteiger partial charge on any atom is 0.163 e. The van der Waals surface area contributed by atoms with Gasteiger partial charge in [-0.1, -0.05) is 0 Å². The van der Waals surface area contributed by atoms with Crippen LogP contribution in [0, 0.1) is 11.8 Å². The van der Waals surface area contributed by atoms with Gasteiger partial charge in [-0.3, -0.25) is 0 Å². The summed E-state index contributed by atoms with van der Waals surface area (Å²) in [6, 6.07) is 2.38. The molecule has 0 spiro atoms. The Kier molecular flexibility index (Phi) is 3.46. The smallest absolute Gasteiger partial charge is 0.163 e. The zero-order valence-corrected chi connectivity index (χ0v) is 14.9. The van der Waals surface area contributed by atoms with E-state index in [-0.39, 0.29) is 18.2 Å². The molecule has 134 valence electrons. The van der Waals surface area contributed by atoms with E-state index >= 15 is 0 Å². The topological polar surface area (TPSA) is 75.2 Å². The van der Waals surface area contributed by atoms with E-state index in [9.17, 15) is 0 Å². The van der Waals surface area contributed by atoms with E-state index in [1.165, 1.54) is 23.9 Å².